The zero-order valence-electron chi connectivity index (χ0n) is 16.2. The first-order valence-corrected chi connectivity index (χ1v) is 10.7. The van der Waals surface area contributed by atoms with E-state index in [9.17, 15) is 4.79 Å². The molecule has 0 aliphatic heterocycles. The van der Waals surface area contributed by atoms with E-state index in [1.54, 1.807) is 11.3 Å². The van der Waals surface area contributed by atoms with Gasteiger partial charge in [0.1, 0.15) is 10.7 Å². The van der Waals surface area contributed by atoms with Crippen LogP contribution in [0.2, 0.25) is 0 Å². The number of aryl methyl sites for hydroxylation is 1. The molecule has 2 aromatic heterocycles. The predicted molar refractivity (Wildman–Crippen MR) is 113 cm³/mol. The van der Waals surface area contributed by atoms with E-state index in [0.29, 0.717) is 11.8 Å². The summed E-state index contributed by atoms with van der Waals surface area (Å²) in [6, 6.07) is 10.5. The van der Waals surface area contributed by atoms with Crippen molar-refractivity contribution in [2.24, 2.45) is 5.92 Å². The fraction of sp³-hybridized carbons (Fsp3) is 0.455. The van der Waals surface area contributed by atoms with Gasteiger partial charge in [-0.15, -0.1) is 11.3 Å². The molecular weight excluding hydrogens is 354 g/mol. The number of fused-ring (bicyclic) bond motifs is 3. The van der Waals surface area contributed by atoms with E-state index < -0.39 is 0 Å². The minimum Gasteiger partial charge on any atom is -0.309 e. The lowest BCUT2D eigenvalue weighted by molar-refractivity contribution is 0.508. The lowest BCUT2D eigenvalue weighted by Gasteiger charge is -2.18. The van der Waals surface area contributed by atoms with Crippen LogP contribution in [0.1, 0.15) is 61.0 Å². The lowest BCUT2D eigenvalue weighted by Crippen LogP contribution is -2.27. The topological polar surface area (TPSA) is 57.8 Å². The molecule has 1 aliphatic carbocycles. The smallest absolute Gasteiger partial charge is 0.259 e. The normalized spacial score (nSPS) is 19.0. The number of nitrogens with one attached hydrogen (secondary N) is 2. The molecule has 0 radical (unpaired) electrons. The van der Waals surface area contributed by atoms with Crippen molar-refractivity contribution in [2.45, 2.75) is 52.0 Å². The van der Waals surface area contributed by atoms with E-state index in [4.69, 9.17) is 4.98 Å². The van der Waals surface area contributed by atoms with Crippen molar-refractivity contribution < 1.29 is 0 Å². The molecule has 4 rings (SSSR count). The highest BCUT2D eigenvalue weighted by atomic mass is 32.1. The van der Waals surface area contributed by atoms with Crippen LogP contribution in [0.3, 0.4) is 0 Å². The minimum atomic E-state index is 0.00585. The number of rotatable bonds is 5. The fourth-order valence-electron chi connectivity index (χ4n) is 3.92. The molecule has 27 heavy (non-hydrogen) atoms. The van der Waals surface area contributed by atoms with Crippen LogP contribution in [0.4, 0.5) is 0 Å². The standard InChI is InChI=1S/C22H27N3OS/c1-13-9-10-17-18(11-13)27-22-19(17)21(26)24-20(25-22)15(3)23-12-14(2)16-7-5-4-6-8-16/h4-8,13-15,23H,9-12H2,1-3H3,(H,24,25,26)/t13-,14-,15+/m1/s1. The molecule has 0 saturated heterocycles. The maximum Gasteiger partial charge on any atom is 0.259 e. The summed E-state index contributed by atoms with van der Waals surface area (Å²) in [7, 11) is 0. The highest BCUT2D eigenvalue weighted by Gasteiger charge is 2.23. The number of aromatic nitrogens is 2. The van der Waals surface area contributed by atoms with Crippen LogP contribution in [0.5, 0.6) is 0 Å². The second-order valence-corrected chi connectivity index (χ2v) is 9.01. The van der Waals surface area contributed by atoms with E-state index in [1.807, 2.05) is 6.07 Å². The Kier molecular flexibility index (Phi) is 5.15. The molecule has 0 spiro atoms. The van der Waals surface area contributed by atoms with E-state index >= 15 is 0 Å². The Balaban J connectivity index is 1.54. The Labute approximate surface area is 164 Å². The quantitative estimate of drug-likeness (QED) is 0.681. The van der Waals surface area contributed by atoms with Crippen LogP contribution in [-0.2, 0) is 12.8 Å². The van der Waals surface area contributed by atoms with Crippen LogP contribution in [0.25, 0.3) is 10.2 Å². The maximum atomic E-state index is 12.8. The van der Waals surface area contributed by atoms with Crippen molar-refractivity contribution in [3.63, 3.8) is 0 Å². The third kappa shape index (κ3) is 3.71. The van der Waals surface area contributed by atoms with Gasteiger partial charge in [0.25, 0.3) is 5.56 Å². The van der Waals surface area contributed by atoms with Gasteiger partial charge in [0.2, 0.25) is 0 Å². The second kappa shape index (κ2) is 7.56. The number of thiophene rings is 1. The highest BCUT2D eigenvalue weighted by molar-refractivity contribution is 7.18. The minimum absolute atomic E-state index is 0.00585. The van der Waals surface area contributed by atoms with Gasteiger partial charge in [-0.3, -0.25) is 4.79 Å². The van der Waals surface area contributed by atoms with Gasteiger partial charge in [-0.1, -0.05) is 44.2 Å². The second-order valence-electron chi connectivity index (χ2n) is 7.92. The van der Waals surface area contributed by atoms with Crippen LogP contribution in [0, 0.1) is 5.92 Å². The van der Waals surface area contributed by atoms with Crippen molar-refractivity contribution in [1.29, 1.82) is 0 Å². The van der Waals surface area contributed by atoms with E-state index in [2.05, 4.69) is 55.3 Å². The molecule has 2 N–H and O–H groups in total. The summed E-state index contributed by atoms with van der Waals surface area (Å²) in [6.07, 6.45) is 3.24. The summed E-state index contributed by atoms with van der Waals surface area (Å²) in [5.74, 6) is 1.84. The SMILES string of the molecule is C[C@@H]1CCc2c(sc3nc([C@H](C)NC[C@@H](C)c4ccccc4)[nH]c(=O)c23)C1. The summed E-state index contributed by atoms with van der Waals surface area (Å²) in [5, 5.41) is 4.36. The average Bonchev–Trinajstić information content (AvgIpc) is 3.04. The highest BCUT2D eigenvalue weighted by Crippen LogP contribution is 2.35. The number of aromatic amines is 1. The fourth-order valence-corrected chi connectivity index (χ4v) is 5.31. The van der Waals surface area contributed by atoms with Crippen LogP contribution < -0.4 is 10.9 Å². The number of nitrogens with zero attached hydrogens (tertiary/aromatic N) is 1. The van der Waals surface area contributed by atoms with Crippen LogP contribution in [-0.4, -0.2) is 16.5 Å². The average molecular weight is 382 g/mol. The Bertz CT molecular complexity index is 992. The molecule has 0 unspecified atom stereocenters. The molecule has 0 fully saturated rings. The van der Waals surface area contributed by atoms with Crippen molar-refractivity contribution in [1.82, 2.24) is 15.3 Å². The maximum absolute atomic E-state index is 12.8. The Morgan fingerprint density at radius 2 is 2.07 bits per heavy atom. The zero-order valence-corrected chi connectivity index (χ0v) is 17.0. The molecule has 0 amide bonds. The monoisotopic (exact) mass is 381 g/mol. The third-order valence-corrected chi connectivity index (χ3v) is 6.84. The Hall–Kier alpha value is -1.98. The van der Waals surface area contributed by atoms with Crippen molar-refractivity contribution in [3.8, 4) is 0 Å². The molecule has 2 heterocycles. The van der Waals surface area contributed by atoms with Crippen molar-refractivity contribution in [2.75, 3.05) is 6.54 Å². The van der Waals surface area contributed by atoms with Crippen LogP contribution >= 0.6 is 11.3 Å². The molecule has 3 aromatic rings. The number of H-pyrrole nitrogens is 1. The largest absolute Gasteiger partial charge is 0.309 e. The van der Waals surface area contributed by atoms with Gasteiger partial charge in [0.05, 0.1) is 11.4 Å². The van der Waals surface area contributed by atoms with E-state index in [0.717, 1.165) is 41.8 Å². The first kappa shape index (κ1) is 18.4. The molecule has 142 valence electrons. The summed E-state index contributed by atoms with van der Waals surface area (Å²) >= 11 is 1.71. The summed E-state index contributed by atoms with van der Waals surface area (Å²) in [5.41, 5.74) is 2.58. The van der Waals surface area contributed by atoms with Gasteiger partial charge in [0, 0.05) is 11.4 Å². The third-order valence-electron chi connectivity index (χ3n) is 5.69. The van der Waals surface area contributed by atoms with Crippen molar-refractivity contribution >= 4 is 21.6 Å². The van der Waals surface area contributed by atoms with Gasteiger partial charge in [-0.05, 0) is 49.1 Å². The molecular formula is C22H27N3OS. The van der Waals surface area contributed by atoms with E-state index in [1.165, 1.54) is 16.0 Å². The van der Waals surface area contributed by atoms with Crippen molar-refractivity contribution in [3.05, 3.63) is 62.5 Å². The molecule has 0 saturated carbocycles. The number of hydrogen-bond acceptors (Lipinski definition) is 4. The predicted octanol–water partition coefficient (Wildman–Crippen LogP) is 4.56. The lowest BCUT2D eigenvalue weighted by atomic mass is 9.89. The number of benzene rings is 1. The van der Waals surface area contributed by atoms with E-state index in [-0.39, 0.29) is 11.6 Å². The first-order chi connectivity index (χ1) is 13.0. The van der Waals surface area contributed by atoms with Gasteiger partial charge in [-0.2, -0.15) is 0 Å². The summed E-state index contributed by atoms with van der Waals surface area (Å²) in [6.45, 7) is 7.40. The molecule has 4 nitrogen and oxygen atoms in total. The molecule has 0 bridgehead atoms. The van der Waals surface area contributed by atoms with Gasteiger partial charge in [0.15, 0.2) is 0 Å². The Morgan fingerprint density at radius 1 is 1.30 bits per heavy atom. The molecule has 3 atom stereocenters. The van der Waals surface area contributed by atoms with Gasteiger partial charge in [-0.25, -0.2) is 4.98 Å². The number of hydrogen-bond donors (Lipinski definition) is 2. The first-order valence-electron chi connectivity index (χ1n) is 9.85. The molecule has 1 aromatic carbocycles. The van der Waals surface area contributed by atoms with Crippen LogP contribution in [0.15, 0.2) is 35.1 Å². The van der Waals surface area contributed by atoms with Gasteiger partial charge >= 0.3 is 0 Å². The van der Waals surface area contributed by atoms with Gasteiger partial charge < -0.3 is 10.3 Å². The summed E-state index contributed by atoms with van der Waals surface area (Å²) in [4.78, 5) is 22.9. The molecule has 1 aliphatic rings. The molecule has 5 heteroatoms. The zero-order chi connectivity index (χ0) is 19.0. The Morgan fingerprint density at radius 3 is 2.85 bits per heavy atom. The summed E-state index contributed by atoms with van der Waals surface area (Å²) < 4.78 is 0.